The zero-order valence-corrected chi connectivity index (χ0v) is 16.0. The molecule has 5 rings (SSSR count). The Morgan fingerprint density at radius 1 is 0.793 bits per heavy atom. The number of nitrogens with one attached hydrogen (secondary N) is 1. The van der Waals surface area contributed by atoms with Crippen molar-refractivity contribution in [1.29, 1.82) is 0 Å². The molecule has 0 spiro atoms. The standard InChI is InChI=1S/C25H19N3O/c1-29-19-11-9-18(10-12-19)23-16-21(22-8-4-5-14-26-22)25(28-23)24-20-7-3-2-6-17(20)13-15-27-24/h2-16,28H,1H3. The van der Waals surface area contributed by atoms with Crippen molar-refractivity contribution >= 4 is 10.8 Å². The van der Waals surface area contributed by atoms with E-state index >= 15 is 0 Å². The first-order chi connectivity index (χ1) is 14.3. The highest BCUT2D eigenvalue weighted by atomic mass is 16.5. The fourth-order valence-corrected chi connectivity index (χ4v) is 3.61. The van der Waals surface area contributed by atoms with E-state index in [4.69, 9.17) is 9.72 Å². The van der Waals surface area contributed by atoms with Crippen LogP contribution < -0.4 is 4.74 Å². The van der Waals surface area contributed by atoms with Gasteiger partial charge in [0.1, 0.15) is 5.75 Å². The van der Waals surface area contributed by atoms with Gasteiger partial charge in [0.2, 0.25) is 0 Å². The number of ether oxygens (including phenoxy) is 1. The van der Waals surface area contributed by atoms with Gasteiger partial charge in [-0.1, -0.05) is 30.3 Å². The van der Waals surface area contributed by atoms with Gasteiger partial charge in [0, 0.05) is 29.0 Å². The molecule has 4 heteroatoms. The zero-order valence-electron chi connectivity index (χ0n) is 16.0. The van der Waals surface area contributed by atoms with E-state index in [0.29, 0.717) is 0 Å². The van der Waals surface area contributed by atoms with E-state index in [0.717, 1.165) is 50.4 Å². The summed E-state index contributed by atoms with van der Waals surface area (Å²) in [7, 11) is 1.67. The summed E-state index contributed by atoms with van der Waals surface area (Å²) in [6.45, 7) is 0. The van der Waals surface area contributed by atoms with Gasteiger partial charge in [-0.25, -0.2) is 0 Å². The number of hydrogen-bond donors (Lipinski definition) is 1. The lowest BCUT2D eigenvalue weighted by Gasteiger charge is -2.07. The Bertz CT molecular complexity index is 1270. The summed E-state index contributed by atoms with van der Waals surface area (Å²) in [5.74, 6) is 0.834. The zero-order chi connectivity index (χ0) is 19.6. The molecule has 0 aliphatic rings. The highest BCUT2D eigenvalue weighted by Gasteiger charge is 2.17. The van der Waals surface area contributed by atoms with Crippen LogP contribution in [-0.4, -0.2) is 22.1 Å². The molecular formula is C25H19N3O. The molecular weight excluding hydrogens is 358 g/mol. The number of fused-ring (bicyclic) bond motifs is 1. The van der Waals surface area contributed by atoms with Crippen molar-refractivity contribution in [3.8, 4) is 39.7 Å². The number of methoxy groups -OCH3 is 1. The first-order valence-corrected chi connectivity index (χ1v) is 9.46. The predicted octanol–water partition coefficient (Wildman–Crippen LogP) is 5.97. The third-order valence-corrected chi connectivity index (χ3v) is 5.07. The molecule has 0 radical (unpaired) electrons. The average molecular weight is 377 g/mol. The number of pyridine rings is 2. The van der Waals surface area contributed by atoms with Crippen molar-refractivity contribution < 1.29 is 4.74 Å². The predicted molar refractivity (Wildman–Crippen MR) is 117 cm³/mol. The summed E-state index contributed by atoms with van der Waals surface area (Å²) in [5.41, 5.74) is 5.91. The molecule has 0 amide bonds. The molecule has 29 heavy (non-hydrogen) atoms. The van der Waals surface area contributed by atoms with E-state index in [1.165, 1.54) is 0 Å². The fraction of sp³-hybridized carbons (Fsp3) is 0.0400. The molecule has 0 aliphatic heterocycles. The van der Waals surface area contributed by atoms with Gasteiger partial charge >= 0.3 is 0 Å². The third-order valence-electron chi connectivity index (χ3n) is 5.07. The van der Waals surface area contributed by atoms with E-state index in [1.54, 1.807) is 7.11 Å². The monoisotopic (exact) mass is 377 g/mol. The van der Waals surface area contributed by atoms with Crippen molar-refractivity contribution in [2.75, 3.05) is 7.11 Å². The Kier molecular flexibility index (Phi) is 4.30. The van der Waals surface area contributed by atoms with Gasteiger partial charge in [-0.05, 0) is 59.5 Å². The third kappa shape index (κ3) is 3.15. The first kappa shape index (κ1) is 17.2. The summed E-state index contributed by atoms with van der Waals surface area (Å²) in [5, 5.41) is 2.26. The highest BCUT2D eigenvalue weighted by Crippen LogP contribution is 2.37. The number of nitrogens with zero attached hydrogens (tertiary/aromatic N) is 2. The van der Waals surface area contributed by atoms with Gasteiger partial charge in [-0.2, -0.15) is 0 Å². The molecule has 0 fully saturated rings. The first-order valence-electron chi connectivity index (χ1n) is 9.46. The summed E-state index contributed by atoms with van der Waals surface area (Å²) in [6.07, 6.45) is 3.67. The van der Waals surface area contributed by atoms with E-state index in [2.05, 4.69) is 28.2 Å². The highest BCUT2D eigenvalue weighted by molar-refractivity contribution is 5.98. The normalized spacial score (nSPS) is 10.9. The molecule has 0 saturated carbocycles. The lowest BCUT2D eigenvalue weighted by atomic mass is 10.0. The van der Waals surface area contributed by atoms with Crippen molar-refractivity contribution in [2.45, 2.75) is 0 Å². The Morgan fingerprint density at radius 2 is 1.62 bits per heavy atom. The van der Waals surface area contributed by atoms with Gasteiger partial charge in [0.25, 0.3) is 0 Å². The SMILES string of the molecule is COc1ccc(-c2cc(-c3ccccn3)c(-c3nccc4ccccc34)[nH]2)cc1. The minimum atomic E-state index is 0.834. The quantitative estimate of drug-likeness (QED) is 0.420. The van der Waals surface area contributed by atoms with Crippen molar-refractivity contribution in [3.63, 3.8) is 0 Å². The summed E-state index contributed by atoms with van der Waals surface area (Å²) in [4.78, 5) is 12.9. The van der Waals surface area contributed by atoms with Gasteiger partial charge in [-0.15, -0.1) is 0 Å². The second-order valence-electron chi connectivity index (χ2n) is 6.80. The van der Waals surface area contributed by atoms with E-state index < -0.39 is 0 Å². The second kappa shape index (κ2) is 7.24. The van der Waals surface area contributed by atoms with Gasteiger partial charge < -0.3 is 9.72 Å². The van der Waals surface area contributed by atoms with E-state index in [9.17, 15) is 0 Å². The minimum Gasteiger partial charge on any atom is -0.497 e. The van der Waals surface area contributed by atoms with Crippen LogP contribution in [0.25, 0.3) is 44.7 Å². The van der Waals surface area contributed by atoms with Crippen LogP contribution in [0.2, 0.25) is 0 Å². The van der Waals surface area contributed by atoms with Crippen molar-refractivity contribution in [3.05, 3.63) is 91.3 Å². The second-order valence-corrected chi connectivity index (χ2v) is 6.80. The number of aromatic amines is 1. The van der Waals surface area contributed by atoms with Crippen molar-refractivity contribution in [2.24, 2.45) is 0 Å². The molecule has 2 aromatic carbocycles. The van der Waals surface area contributed by atoms with Crippen LogP contribution >= 0.6 is 0 Å². The molecule has 0 unspecified atom stereocenters. The number of hydrogen-bond acceptors (Lipinski definition) is 3. The number of H-pyrrole nitrogens is 1. The van der Waals surface area contributed by atoms with Gasteiger partial charge in [0.15, 0.2) is 0 Å². The lowest BCUT2D eigenvalue weighted by molar-refractivity contribution is 0.415. The Balaban J connectivity index is 1.74. The molecule has 5 aromatic rings. The minimum absolute atomic E-state index is 0.834. The van der Waals surface area contributed by atoms with Crippen LogP contribution in [0.3, 0.4) is 0 Å². The molecule has 0 atom stereocenters. The van der Waals surface area contributed by atoms with Crippen LogP contribution in [0, 0.1) is 0 Å². The fourth-order valence-electron chi connectivity index (χ4n) is 3.61. The summed E-state index contributed by atoms with van der Waals surface area (Å²) < 4.78 is 5.29. The van der Waals surface area contributed by atoms with Crippen LogP contribution in [0.1, 0.15) is 0 Å². The Hall–Kier alpha value is -3.92. The Labute approximate surface area is 168 Å². The van der Waals surface area contributed by atoms with Gasteiger partial charge in [0.05, 0.1) is 24.2 Å². The molecule has 1 N–H and O–H groups in total. The van der Waals surface area contributed by atoms with Crippen LogP contribution in [0.15, 0.2) is 91.3 Å². The van der Waals surface area contributed by atoms with Crippen LogP contribution in [0.5, 0.6) is 5.75 Å². The number of rotatable bonds is 4. The molecule has 140 valence electrons. The topological polar surface area (TPSA) is 50.8 Å². The average Bonchev–Trinajstić information content (AvgIpc) is 3.24. The van der Waals surface area contributed by atoms with E-state index in [-0.39, 0.29) is 0 Å². The maximum atomic E-state index is 5.29. The molecule has 0 saturated heterocycles. The van der Waals surface area contributed by atoms with Crippen LogP contribution in [-0.2, 0) is 0 Å². The van der Waals surface area contributed by atoms with Crippen molar-refractivity contribution in [1.82, 2.24) is 15.0 Å². The lowest BCUT2D eigenvalue weighted by Crippen LogP contribution is -1.90. The maximum Gasteiger partial charge on any atom is 0.118 e. The van der Waals surface area contributed by atoms with Gasteiger partial charge in [-0.3, -0.25) is 9.97 Å². The number of aromatic nitrogens is 3. The molecule has 4 nitrogen and oxygen atoms in total. The summed E-state index contributed by atoms with van der Waals surface area (Å²) >= 11 is 0. The molecule has 3 aromatic heterocycles. The molecule has 0 aliphatic carbocycles. The maximum absolute atomic E-state index is 5.29. The molecule has 3 heterocycles. The number of benzene rings is 2. The largest absolute Gasteiger partial charge is 0.497 e. The molecule has 0 bridgehead atoms. The summed E-state index contributed by atoms with van der Waals surface area (Å²) in [6, 6.07) is 26.5. The van der Waals surface area contributed by atoms with Crippen LogP contribution in [0.4, 0.5) is 0 Å². The van der Waals surface area contributed by atoms with E-state index in [1.807, 2.05) is 73.1 Å². The smallest absolute Gasteiger partial charge is 0.118 e. The Morgan fingerprint density at radius 3 is 2.41 bits per heavy atom.